The second kappa shape index (κ2) is 9.64. The lowest BCUT2D eigenvalue weighted by atomic mass is 10.2. The molecule has 4 rings (SSSR count). The first kappa shape index (κ1) is 23.4. The van der Waals surface area contributed by atoms with Crippen LogP contribution in [0.1, 0.15) is 31.7 Å². The fourth-order valence-corrected chi connectivity index (χ4v) is 5.63. The summed E-state index contributed by atoms with van der Waals surface area (Å²) in [7, 11) is -3.23. The van der Waals surface area contributed by atoms with Crippen LogP contribution in [0.4, 0.5) is 0 Å². The molecular weight excluding hydrogens is 462 g/mol. The van der Waals surface area contributed by atoms with Crippen LogP contribution in [-0.4, -0.2) is 49.3 Å². The molecule has 7 nitrogen and oxygen atoms in total. The van der Waals surface area contributed by atoms with Gasteiger partial charge in [-0.05, 0) is 55.7 Å². The number of hydrogen-bond acceptors (Lipinski definition) is 5. The Bertz CT molecular complexity index is 1310. The molecule has 3 aromatic rings. The first-order valence-corrected chi connectivity index (χ1v) is 13.1. The highest BCUT2D eigenvalue weighted by Gasteiger charge is 2.31. The third-order valence-corrected chi connectivity index (χ3v) is 7.34. The molecule has 0 N–H and O–H groups in total. The third-order valence-electron chi connectivity index (χ3n) is 5.73. The van der Waals surface area contributed by atoms with Gasteiger partial charge in [0.05, 0.1) is 35.0 Å². The number of fused-ring (bicyclic) bond motifs is 1. The average molecular weight is 488 g/mol. The summed E-state index contributed by atoms with van der Waals surface area (Å²) < 4.78 is 39.0. The molecule has 9 heteroatoms. The second-order valence-corrected chi connectivity index (χ2v) is 10.5. The summed E-state index contributed by atoms with van der Waals surface area (Å²) >= 11 is 6.43. The number of halogens is 1. The molecule has 2 heterocycles. The van der Waals surface area contributed by atoms with Crippen LogP contribution in [0.25, 0.3) is 16.6 Å². The second-order valence-electron chi connectivity index (χ2n) is 8.15. The smallest absolute Gasteiger partial charge is 0.211 e. The summed E-state index contributed by atoms with van der Waals surface area (Å²) in [6.07, 6.45) is 5.62. The molecule has 0 bridgehead atoms. The number of ether oxygens (including phenoxy) is 2. The number of hydrogen-bond donors (Lipinski definition) is 0. The van der Waals surface area contributed by atoms with Crippen LogP contribution in [0.5, 0.6) is 11.5 Å². The molecule has 1 fully saturated rings. The van der Waals surface area contributed by atoms with E-state index in [0.29, 0.717) is 41.8 Å². The van der Waals surface area contributed by atoms with Crippen molar-refractivity contribution in [3.05, 3.63) is 53.2 Å². The first-order chi connectivity index (χ1) is 15.8. The molecule has 1 saturated heterocycles. The van der Waals surface area contributed by atoms with Gasteiger partial charge in [-0.2, -0.15) is 9.57 Å². The van der Waals surface area contributed by atoms with Crippen LogP contribution >= 0.6 is 11.6 Å². The number of nitriles is 1. The predicted molar refractivity (Wildman–Crippen MR) is 129 cm³/mol. The number of sulfonamides is 1. The molecule has 0 saturated carbocycles. The highest BCUT2D eigenvalue weighted by Crippen LogP contribution is 2.34. The maximum atomic E-state index is 11.9. The van der Waals surface area contributed by atoms with Crippen molar-refractivity contribution in [2.45, 2.75) is 32.2 Å². The number of aromatic nitrogens is 1. The van der Waals surface area contributed by atoms with E-state index in [1.807, 2.05) is 42.0 Å². The zero-order valence-corrected chi connectivity index (χ0v) is 20.2. The van der Waals surface area contributed by atoms with Gasteiger partial charge < -0.3 is 14.0 Å². The molecule has 0 radical (unpaired) electrons. The van der Waals surface area contributed by atoms with Crippen LogP contribution in [0.3, 0.4) is 0 Å². The van der Waals surface area contributed by atoms with Crippen molar-refractivity contribution >= 4 is 32.5 Å². The predicted octanol–water partition coefficient (Wildman–Crippen LogP) is 4.75. The fourth-order valence-electron chi connectivity index (χ4n) is 4.19. The van der Waals surface area contributed by atoms with Gasteiger partial charge in [0.2, 0.25) is 10.0 Å². The van der Waals surface area contributed by atoms with Crippen molar-refractivity contribution in [2.24, 2.45) is 0 Å². The minimum Gasteiger partial charge on any atom is -0.492 e. The Kier molecular flexibility index (Phi) is 6.84. The molecule has 1 aliphatic rings. The molecule has 33 heavy (non-hydrogen) atoms. The van der Waals surface area contributed by atoms with E-state index in [2.05, 4.69) is 6.07 Å². The summed E-state index contributed by atoms with van der Waals surface area (Å²) in [5.74, 6) is 1.09. The van der Waals surface area contributed by atoms with Crippen LogP contribution in [0.2, 0.25) is 5.02 Å². The standard InChI is InChI=1S/C24H26ClN3O4S/c1-3-11-31-24-18(15-26)12-20(14-22(24)25)27-10-8-17-13-21(6-7-23(17)27)32-16-19-5-4-9-28(19)33(2,29)30/h6-8,10,12-14,19H,3-5,9,11,16H2,1-2H3/t19-/m1/s1. The Balaban J connectivity index is 1.56. The minimum atomic E-state index is -3.23. The quantitative estimate of drug-likeness (QED) is 0.458. The summed E-state index contributed by atoms with van der Waals surface area (Å²) in [5.41, 5.74) is 2.08. The monoisotopic (exact) mass is 487 g/mol. The van der Waals surface area contributed by atoms with Crippen molar-refractivity contribution in [1.82, 2.24) is 8.87 Å². The maximum Gasteiger partial charge on any atom is 0.211 e. The molecule has 1 aliphatic heterocycles. The Morgan fingerprint density at radius 1 is 1.21 bits per heavy atom. The zero-order chi connectivity index (χ0) is 23.6. The van der Waals surface area contributed by atoms with Gasteiger partial charge in [-0.15, -0.1) is 0 Å². The molecule has 0 amide bonds. The van der Waals surface area contributed by atoms with E-state index < -0.39 is 10.0 Å². The molecule has 2 aromatic carbocycles. The molecule has 1 aromatic heterocycles. The van der Waals surface area contributed by atoms with E-state index in [-0.39, 0.29) is 6.04 Å². The largest absolute Gasteiger partial charge is 0.492 e. The summed E-state index contributed by atoms with van der Waals surface area (Å²) in [6.45, 7) is 3.35. The van der Waals surface area contributed by atoms with Gasteiger partial charge in [-0.25, -0.2) is 8.42 Å². The van der Waals surface area contributed by atoms with E-state index >= 15 is 0 Å². The SMILES string of the molecule is CCCOc1c(Cl)cc(-n2ccc3cc(OC[C@H]4CCCN4S(C)(=O)=O)ccc32)cc1C#N. The van der Waals surface area contributed by atoms with Gasteiger partial charge in [-0.3, -0.25) is 0 Å². The van der Waals surface area contributed by atoms with Gasteiger partial charge >= 0.3 is 0 Å². The lowest BCUT2D eigenvalue weighted by Gasteiger charge is -2.22. The average Bonchev–Trinajstić information content (AvgIpc) is 3.43. The van der Waals surface area contributed by atoms with Crippen LogP contribution in [0.15, 0.2) is 42.6 Å². The number of benzene rings is 2. The van der Waals surface area contributed by atoms with Crippen LogP contribution in [-0.2, 0) is 10.0 Å². The van der Waals surface area contributed by atoms with Crippen molar-refractivity contribution in [3.63, 3.8) is 0 Å². The van der Waals surface area contributed by atoms with Crippen molar-refractivity contribution in [1.29, 1.82) is 5.26 Å². The normalized spacial score (nSPS) is 16.7. The lowest BCUT2D eigenvalue weighted by Crippen LogP contribution is -2.38. The van der Waals surface area contributed by atoms with Gasteiger partial charge in [0.15, 0.2) is 5.75 Å². The van der Waals surface area contributed by atoms with Crippen LogP contribution < -0.4 is 9.47 Å². The molecule has 1 atom stereocenters. The molecular formula is C24H26ClN3O4S. The zero-order valence-electron chi connectivity index (χ0n) is 18.6. The summed E-state index contributed by atoms with van der Waals surface area (Å²) in [5, 5.41) is 10.9. The lowest BCUT2D eigenvalue weighted by molar-refractivity contribution is 0.233. The van der Waals surface area contributed by atoms with Crippen molar-refractivity contribution < 1.29 is 17.9 Å². The van der Waals surface area contributed by atoms with E-state index in [1.165, 1.54) is 10.6 Å². The summed E-state index contributed by atoms with van der Waals surface area (Å²) in [4.78, 5) is 0. The Hall–Kier alpha value is -2.73. The topological polar surface area (TPSA) is 84.6 Å². The fraction of sp³-hybridized carbons (Fsp3) is 0.375. The number of rotatable bonds is 8. The summed E-state index contributed by atoms with van der Waals surface area (Å²) in [6, 6.07) is 13.3. The minimum absolute atomic E-state index is 0.139. The molecule has 0 spiro atoms. The van der Waals surface area contributed by atoms with Gasteiger partial charge in [-0.1, -0.05) is 18.5 Å². The molecule has 0 aliphatic carbocycles. The maximum absolute atomic E-state index is 11.9. The van der Waals surface area contributed by atoms with E-state index in [4.69, 9.17) is 21.1 Å². The van der Waals surface area contributed by atoms with Gasteiger partial charge in [0.25, 0.3) is 0 Å². The van der Waals surface area contributed by atoms with Crippen LogP contribution in [0, 0.1) is 11.3 Å². The Labute approximate surface area is 199 Å². The Morgan fingerprint density at radius 3 is 2.76 bits per heavy atom. The first-order valence-electron chi connectivity index (χ1n) is 10.9. The van der Waals surface area contributed by atoms with Gasteiger partial charge in [0, 0.05) is 23.8 Å². The highest BCUT2D eigenvalue weighted by molar-refractivity contribution is 7.88. The van der Waals surface area contributed by atoms with E-state index in [0.717, 1.165) is 35.9 Å². The van der Waals surface area contributed by atoms with E-state index in [1.54, 1.807) is 12.1 Å². The molecule has 174 valence electrons. The Morgan fingerprint density at radius 2 is 2.03 bits per heavy atom. The van der Waals surface area contributed by atoms with Crippen molar-refractivity contribution in [3.8, 4) is 23.3 Å². The van der Waals surface area contributed by atoms with Gasteiger partial charge in [0.1, 0.15) is 18.4 Å². The van der Waals surface area contributed by atoms with Crippen molar-refractivity contribution in [2.75, 3.05) is 26.0 Å². The number of nitrogens with zero attached hydrogens (tertiary/aromatic N) is 3. The van der Waals surface area contributed by atoms with E-state index in [9.17, 15) is 13.7 Å². The third kappa shape index (κ3) is 4.96. The highest BCUT2D eigenvalue weighted by atomic mass is 35.5. The molecule has 0 unspecified atom stereocenters.